The van der Waals surface area contributed by atoms with Gasteiger partial charge in [-0.1, -0.05) is 0 Å². The number of carbonyl (C=O) groups is 1. The number of hydrogen-bond donors (Lipinski definition) is 1. The highest BCUT2D eigenvalue weighted by atomic mass is 32.1. The van der Waals surface area contributed by atoms with E-state index >= 15 is 0 Å². The van der Waals surface area contributed by atoms with E-state index < -0.39 is 0 Å². The van der Waals surface area contributed by atoms with Gasteiger partial charge in [0.25, 0.3) is 0 Å². The molecule has 1 saturated carbocycles. The van der Waals surface area contributed by atoms with Crippen LogP contribution in [0.2, 0.25) is 0 Å². The van der Waals surface area contributed by atoms with Gasteiger partial charge in [-0.2, -0.15) is 0 Å². The Labute approximate surface area is 93.8 Å². The Hall–Kier alpha value is -1.09. The number of carbonyl (C=O) groups excluding carboxylic acids is 1. The second kappa shape index (κ2) is 3.81. The minimum atomic E-state index is 0.192. The Kier molecular flexibility index (Phi) is 2.65. The smallest absolute Gasteiger partial charge is 0.160 e. The normalized spacial score (nSPS) is 16.8. The second-order valence-electron chi connectivity index (χ2n) is 4.13. The number of thiophene rings is 1. The molecule has 2 rings (SSSR count). The third-order valence-electron chi connectivity index (χ3n) is 2.73. The van der Waals surface area contributed by atoms with Crippen molar-refractivity contribution in [3.05, 3.63) is 27.5 Å². The lowest BCUT2D eigenvalue weighted by Crippen LogP contribution is -2.04. The van der Waals surface area contributed by atoms with Crippen molar-refractivity contribution in [2.24, 2.45) is 11.7 Å². The average Bonchev–Trinajstić information content (AvgIpc) is 2.94. The Morgan fingerprint density at radius 1 is 1.53 bits per heavy atom. The summed E-state index contributed by atoms with van der Waals surface area (Å²) in [5.74, 6) is 0.445. The highest BCUT2D eigenvalue weighted by Crippen LogP contribution is 2.32. The van der Waals surface area contributed by atoms with Gasteiger partial charge in [0.15, 0.2) is 5.78 Å². The number of nitrogens with two attached hydrogens (primary N) is 1. The van der Waals surface area contributed by atoms with Crippen LogP contribution >= 0.6 is 11.3 Å². The molecule has 1 aliphatic carbocycles. The minimum absolute atomic E-state index is 0.192. The third kappa shape index (κ3) is 2.12. The highest BCUT2D eigenvalue weighted by Gasteiger charge is 2.28. The topological polar surface area (TPSA) is 43.1 Å². The van der Waals surface area contributed by atoms with Gasteiger partial charge in [-0.25, -0.2) is 0 Å². The molecule has 2 nitrogen and oxygen atoms in total. The summed E-state index contributed by atoms with van der Waals surface area (Å²) in [6.45, 7) is 4.07. The standard InChI is InChI=1S/C12H15NOS/c1-7-6-15-8(2)12(7)10(13)5-11(14)9-3-4-9/h5-6,9H,3-4,13H2,1-2H3. The van der Waals surface area contributed by atoms with Crippen LogP contribution in [0.4, 0.5) is 0 Å². The predicted octanol–water partition coefficient (Wildman–Crippen LogP) is 2.64. The molecule has 0 spiro atoms. The number of hydrogen-bond acceptors (Lipinski definition) is 3. The maximum atomic E-state index is 11.6. The second-order valence-corrected chi connectivity index (χ2v) is 5.21. The van der Waals surface area contributed by atoms with Gasteiger partial charge in [-0.15, -0.1) is 11.3 Å². The lowest BCUT2D eigenvalue weighted by molar-refractivity contribution is -0.115. The monoisotopic (exact) mass is 221 g/mol. The third-order valence-corrected chi connectivity index (χ3v) is 3.75. The zero-order chi connectivity index (χ0) is 11.0. The van der Waals surface area contributed by atoms with Gasteiger partial charge in [-0.3, -0.25) is 4.79 Å². The highest BCUT2D eigenvalue weighted by molar-refractivity contribution is 7.10. The molecule has 1 aromatic heterocycles. The summed E-state index contributed by atoms with van der Waals surface area (Å²) in [6.07, 6.45) is 3.67. The molecule has 3 heteroatoms. The van der Waals surface area contributed by atoms with Crippen LogP contribution in [0.25, 0.3) is 5.70 Å². The van der Waals surface area contributed by atoms with Gasteiger partial charge < -0.3 is 5.73 Å². The summed E-state index contributed by atoms with van der Waals surface area (Å²) in [6, 6.07) is 0. The molecule has 0 atom stereocenters. The Morgan fingerprint density at radius 2 is 2.20 bits per heavy atom. The van der Waals surface area contributed by atoms with E-state index in [4.69, 9.17) is 5.73 Å². The van der Waals surface area contributed by atoms with Gasteiger partial charge in [-0.05, 0) is 37.6 Å². The van der Waals surface area contributed by atoms with Crippen LogP contribution in [0, 0.1) is 19.8 Å². The molecule has 0 unspecified atom stereocenters. The van der Waals surface area contributed by atoms with Crippen molar-refractivity contribution in [1.82, 2.24) is 0 Å². The molecule has 0 aliphatic heterocycles. The number of rotatable bonds is 3. The lowest BCUT2D eigenvalue weighted by Gasteiger charge is -2.02. The van der Waals surface area contributed by atoms with Crippen LogP contribution < -0.4 is 5.73 Å². The van der Waals surface area contributed by atoms with Gasteiger partial charge >= 0.3 is 0 Å². The Morgan fingerprint density at radius 3 is 2.67 bits per heavy atom. The van der Waals surface area contributed by atoms with Crippen molar-refractivity contribution in [2.75, 3.05) is 0 Å². The molecule has 1 fully saturated rings. The fourth-order valence-electron chi connectivity index (χ4n) is 1.71. The van der Waals surface area contributed by atoms with E-state index in [1.165, 1.54) is 4.88 Å². The molecule has 0 saturated heterocycles. The molecule has 1 aliphatic rings. The first kappa shape index (κ1) is 10.4. The van der Waals surface area contributed by atoms with Gasteiger partial charge in [0, 0.05) is 28.1 Å². The SMILES string of the molecule is Cc1csc(C)c1C(N)=CC(=O)C1CC1. The van der Waals surface area contributed by atoms with Crippen molar-refractivity contribution >= 4 is 22.8 Å². The molecule has 0 aromatic carbocycles. The van der Waals surface area contributed by atoms with E-state index in [9.17, 15) is 4.79 Å². The maximum absolute atomic E-state index is 11.6. The lowest BCUT2D eigenvalue weighted by atomic mass is 10.1. The van der Waals surface area contributed by atoms with Crippen LogP contribution in [-0.4, -0.2) is 5.78 Å². The van der Waals surface area contributed by atoms with Crippen LogP contribution in [0.1, 0.15) is 28.8 Å². The van der Waals surface area contributed by atoms with E-state index in [0.29, 0.717) is 5.70 Å². The molecule has 0 radical (unpaired) electrons. The first-order valence-electron chi connectivity index (χ1n) is 5.15. The molecular formula is C12H15NOS. The summed E-state index contributed by atoms with van der Waals surface area (Å²) in [5.41, 5.74) is 8.79. The minimum Gasteiger partial charge on any atom is -0.398 e. The molecule has 1 aromatic rings. The quantitative estimate of drug-likeness (QED) is 0.797. The Balaban J connectivity index is 2.26. The number of aryl methyl sites for hydroxylation is 2. The van der Waals surface area contributed by atoms with Crippen LogP contribution in [-0.2, 0) is 4.79 Å². The Bertz CT molecular complexity index is 407. The summed E-state index contributed by atoms with van der Waals surface area (Å²) in [4.78, 5) is 12.8. The fraction of sp³-hybridized carbons (Fsp3) is 0.417. The van der Waals surface area contributed by atoms with Crippen molar-refractivity contribution in [3.63, 3.8) is 0 Å². The van der Waals surface area contributed by atoms with Crippen LogP contribution in [0.15, 0.2) is 11.5 Å². The summed E-state index contributed by atoms with van der Waals surface area (Å²) >= 11 is 1.68. The van der Waals surface area contributed by atoms with E-state index in [1.54, 1.807) is 17.4 Å². The molecule has 0 bridgehead atoms. The van der Waals surface area contributed by atoms with E-state index in [2.05, 4.69) is 5.38 Å². The molecule has 0 amide bonds. The predicted molar refractivity (Wildman–Crippen MR) is 63.7 cm³/mol. The fourth-order valence-corrected chi connectivity index (χ4v) is 2.58. The molecule has 15 heavy (non-hydrogen) atoms. The molecule has 1 heterocycles. The maximum Gasteiger partial charge on any atom is 0.160 e. The average molecular weight is 221 g/mol. The number of ketones is 1. The van der Waals surface area contributed by atoms with Gasteiger partial charge in [0.05, 0.1) is 0 Å². The van der Waals surface area contributed by atoms with E-state index in [-0.39, 0.29) is 11.7 Å². The van der Waals surface area contributed by atoms with Gasteiger partial charge in [0.2, 0.25) is 0 Å². The van der Waals surface area contributed by atoms with E-state index in [1.807, 2.05) is 13.8 Å². The first-order valence-corrected chi connectivity index (χ1v) is 6.03. The van der Waals surface area contributed by atoms with Crippen LogP contribution in [0.5, 0.6) is 0 Å². The zero-order valence-corrected chi connectivity index (χ0v) is 9.86. The summed E-state index contributed by atoms with van der Waals surface area (Å²) in [7, 11) is 0. The van der Waals surface area contributed by atoms with Crippen molar-refractivity contribution < 1.29 is 4.79 Å². The van der Waals surface area contributed by atoms with Crippen LogP contribution in [0.3, 0.4) is 0 Å². The number of allylic oxidation sites excluding steroid dienone is 1. The van der Waals surface area contributed by atoms with Crippen molar-refractivity contribution in [3.8, 4) is 0 Å². The first-order chi connectivity index (χ1) is 7.09. The summed E-state index contributed by atoms with van der Waals surface area (Å²) < 4.78 is 0. The van der Waals surface area contributed by atoms with Gasteiger partial charge in [0.1, 0.15) is 0 Å². The summed E-state index contributed by atoms with van der Waals surface area (Å²) in [5, 5.41) is 2.08. The molecule has 2 N–H and O–H groups in total. The molecular weight excluding hydrogens is 206 g/mol. The molecule has 80 valence electrons. The largest absolute Gasteiger partial charge is 0.398 e. The zero-order valence-electron chi connectivity index (χ0n) is 9.04. The van der Waals surface area contributed by atoms with Crippen molar-refractivity contribution in [1.29, 1.82) is 0 Å². The van der Waals surface area contributed by atoms with Crippen molar-refractivity contribution in [2.45, 2.75) is 26.7 Å². The van der Waals surface area contributed by atoms with E-state index in [0.717, 1.165) is 24.0 Å².